The lowest BCUT2D eigenvalue weighted by Crippen LogP contribution is -2.50. The van der Waals surface area contributed by atoms with Crippen molar-refractivity contribution in [3.8, 4) is 11.8 Å². The first-order chi connectivity index (χ1) is 18.2. The Morgan fingerprint density at radius 2 is 1.82 bits per heavy atom. The molecule has 11 heteroatoms. The van der Waals surface area contributed by atoms with Gasteiger partial charge in [0.2, 0.25) is 15.9 Å². The van der Waals surface area contributed by atoms with Gasteiger partial charge in [-0.3, -0.25) is 4.79 Å². The Bertz CT molecular complexity index is 1480. The monoisotopic (exact) mass is 536 g/mol. The topological polar surface area (TPSA) is 111 Å². The summed E-state index contributed by atoms with van der Waals surface area (Å²) in [4.78, 5) is 16.5. The van der Waals surface area contributed by atoms with Crippen molar-refractivity contribution in [1.29, 1.82) is 5.26 Å². The van der Waals surface area contributed by atoms with E-state index in [1.807, 2.05) is 30.9 Å². The molecule has 2 fully saturated rings. The van der Waals surface area contributed by atoms with E-state index in [-0.39, 0.29) is 23.3 Å². The Kier molecular flexibility index (Phi) is 6.79. The minimum absolute atomic E-state index is 0.0700. The number of nitriles is 1. The molecule has 1 aromatic carbocycles. The molecule has 1 aliphatic heterocycles. The van der Waals surface area contributed by atoms with Crippen molar-refractivity contribution < 1.29 is 17.9 Å². The van der Waals surface area contributed by atoms with E-state index >= 15 is 0 Å². The third-order valence-electron chi connectivity index (χ3n) is 7.34. The maximum Gasteiger partial charge on any atom is 0.245 e. The second kappa shape index (κ2) is 9.93. The number of piperazine rings is 1. The van der Waals surface area contributed by atoms with E-state index in [1.165, 1.54) is 4.31 Å². The maximum absolute atomic E-state index is 14.2. The summed E-state index contributed by atoms with van der Waals surface area (Å²) >= 11 is 0. The van der Waals surface area contributed by atoms with Crippen molar-refractivity contribution in [1.82, 2.24) is 18.8 Å². The molecule has 0 spiro atoms. The molecule has 0 radical (unpaired) electrons. The number of methoxy groups -OCH3 is 1. The lowest BCUT2D eigenvalue weighted by molar-refractivity contribution is -0.134. The smallest absolute Gasteiger partial charge is 0.245 e. The fourth-order valence-corrected chi connectivity index (χ4v) is 6.69. The molecule has 0 atom stereocenters. The Morgan fingerprint density at radius 1 is 1.13 bits per heavy atom. The summed E-state index contributed by atoms with van der Waals surface area (Å²) in [5.41, 5.74) is 0.356. The van der Waals surface area contributed by atoms with Crippen LogP contribution in [0.5, 0.6) is 5.75 Å². The summed E-state index contributed by atoms with van der Waals surface area (Å²) in [5.74, 6) is 1.37. The molecular weight excluding hydrogens is 504 g/mol. The van der Waals surface area contributed by atoms with Gasteiger partial charge in [0.05, 0.1) is 29.8 Å². The van der Waals surface area contributed by atoms with Crippen LogP contribution in [-0.2, 0) is 21.4 Å². The van der Waals surface area contributed by atoms with Crippen LogP contribution in [0.15, 0.2) is 53.6 Å². The molecule has 38 heavy (non-hydrogen) atoms. The number of aromatic nitrogens is 2. The van der Waals surface area contributed by atoms with Crippen LogP contribution in [0, 0.1) is 17.2 Å². The highest BCUT2D eigenvalue weighted by Crippen LogP contribution is 2.45. The number of nitrogens with zero attached hydrogens (tertiary/aromatic N) is 6. The predicted molar refractivity (Wildman–Crippen MR) is 142 cm³/mol. The van der Waals surface area contributed by atoms with Gasteiger partial charge >= 0.3 is 0 Å². The lowest BCUT2D eigenvalue weighted by Gasteiger charge is -2.37. The molecule has 200 valence electrons. The second-order valence-electron chi connectivity index (χ2n) is 10.2. The number of ether oxygens (including phenoxy) is 1. The first-order valence-corrected chi connectivity index (χ1v) is 14.2. The van der Waals surface area contributed by atoms with Crippen LogP contribution in [0.25, 0.3) is 5.52 Å². The largest absolute Gasteiger partial charge is 0.497 e. The second-order valence-corrected chi connectivity index (χ2v) is 12.0. The Balaban J connectivity index is 1.49. The van der Waals surface area contributed by atoms with Crippen molar-refractivity contribution >= 4 is 27.3 Å². The molecule has 10 nitrogen and oxygen atoms in total. The quantitative estimate of drug-likeness (QED) is 0.435. The van der Waals surface area contributed by atoms with Crippen molar-refractivity contribution in [2.45, 2.75) is 43.7 Å². The van der Waals surface area contributed by atoms with Gasteiger partial charge in [0, 0.05) is 44.7 Å². The Labute approximate surface area is 223 Å². The van der Waals surface area contributed by atoms with E-state index in [1.54, 1.807) is 48.2 Å². The van der Waals surface area contributed by atoms with Gasteiger partial charge in [-0.2, -0.15) is 14.7 Å². The molecule has 2 aromatic heterocycles. The number of fused-ring (bicyclic) bond motifs is 1. The number of benzene rings is 1. The Hall–Kier alpha value is -3.62. The van der Waals surface area contributed by atoms with Gasteiger partial charge in [0.15, 0.2) is 0 Å². The van der Waals surface area contributed by atoms with Crippen molar-refractivity contribution in [3.05, 3.63) is 54.2 Å². The molecule has 1 aliphatic carbocycles. The van der Waals surface area contributed by atoms with Crippen LogP contribution < -0.4 is 9.64 Å². The minimum atomic E-state index is -4.04. The van der Waals surface area contributed by atoms with Crippen molar-refractivity contribution in [3.63, 3.8) is 0 Å². The number of carbonyl (C=O) groups is 1. The number of hydrogen-bond acceptors (Lipinski definition) is 7. The molecule has 2 aliphatic rings. The van der Waals surface area contributed by atoms with Crippen LogP contribution in [0.2, 0.25) is 0 Å². The minimum Gasteiger partial charge on any atom is -0.497 e. The molecule has 1 saturated heterocycles. The number of pyridine rings is 1. The summed E-state index contributed by atoms with van der Waals surface area (Å²) in [6.45, 7) is 6.10. The molecule has 1 saturated carbocycles. The molecule has 3 aromatic rings. The number of carbonyl (C=O) groups excluding carboxylic acids is 1. The molecule has 0 bridgehead atoms. The average molecular weight is 537 g/mol. The lowest BCUT2D eigenvalue weighted by atomic mass is 10.1. The van der Waals surface area contributed by atoms with Crippen molar-refractivity contribution in [2.75, 3.05) is 38.2 Å². The van der Waals surface area contributed by atoms with Crippen molar-refractivity contribution in [2.24, 2.45) is 5.92 Å². The van der Waals surface area contributed by atoms with E-state index in [9.17, 15) is 18.5 Å². The van der Waals surface area contributed by atoms with Gasteiger partial charge in [0.1, 0.15) is 17.1 Å². The molecule has 0 unspecified atom stereocenters. The number of rotatable bonds is 8. The number of anilines is 1. The summed E-state index contributed by atoms with van der Waals surface area (Å²) < 4.78 is 36.6. The molecule has 5 rings (SSSR count). The highest BCUT2D eigenvalue weighted by atomic mass is 32.2. The highest BCUT2D eigenvalue weighted by molar-refractivity contribution is 7.89. The summed E-state index contributed by atoms with van der Waals surface area (Å²) in [6.07, 6.45) is 2.62. The molecule has 0 N–H and O–H groups in total. The van der Waals surface area contributed by atoms with E-state index < -0.39 is 15.6 Å². The SMILES string of the molecule is COc1ccc(CN(C2(C#N)CC2)S(=O)(=O)c2cc(N3CCN(C(=O)C(C)C)CC3)n3nccc3c2)cc1. The van der Waals surface area contributed by atoms with Gasteiger partial charge in [-0.05, 0) is 42.7 Å². The number of hydrogen-bond donors (Lipinski definition) is 0. The van der Waals surface area contributed by atoms with Crippen LogP contribution in [0.1, 0.15) is 32.3 Å². The first kappa shape index (κ1) is 26.0. The fourth-order valence-electron chi connectivity index (χ4n) is 4.91. The van der Waals surface area contributed by atoms with Gasteiger partial charge in [-0.25, -0.2) is 12.9 Å². The zero-order valence-electron chi connectivity index (χ0n) is 21.9. The fraction of sp³-hybridized carbons (Fsp3) is 0.444. The molecular formula is C27H32N6O4S. The Morgan fingerprint density at radius 3 is 2.39 bits per heavy atom. The van der Waals surface area contributed by atoms with Gasteiger partial charge in [-0.1, -0.05) is 26.0 Å². The van der Waals surface area contributed by atoms with Crippen LogP contribution in [-0.4, -0.2) is 72.0 Å². The van der Waals surface area contributed by atoms with Gasteiger partial charge in [-0.15, -0.1) is 0 Å². The predicted octanol–water partition coefficient (Wildman–Crippen LogP) is 2.89. The van der Waals surface area contributed by atoms with E-state index in [0.29, 0.717) is 56.1 Å². The van der Waals surface area contributed by atoms with Crippen LogP contribution in [0.3, 0.4) is 0 Å². The molecule has 1 amide bonds. The van der Waals surface area contributed by atoms with E-state index in [0.717, 1.165) is 5.56 Å². The average Bonchev–Trinajstić information content (AvgIpc) is 3.58. The standard InChI is InChI=1S/C27H32N6O4S/c1-20(2)26(34)31-14-12-30(13-15-31)25-17-24(16-22-8-11-29-33(22)25)38(35,36)32(27(19-28)9-10-27)18-21-4-6-23(37-3)7-5-21/h4-8,11,16-17,20H,9-10,12-15,18H2,1-3H3. The third-order valence-corrected chi connectivity index (χ3v) is 9.23. The highest BCUT2D eigenvalue weighted by Gasteiger charge is 2.54. The van der Waals surface area contributed by atoms with Crippen LogP contribution >= 0.6 is 0 Å². The zero-order chi connectivity index (χ0) is 27.1. The van der Waals surface area contributed by atoms with Gasteiger partial charge in [0.25, 0.3) is 0 Å². The number of amides is 1. The molecule has 3 heterocycles. The third kappa shape index (κ3) is 4.70. The maximum atomic E-state index is 14.2. The first-order valence-electron chi connectivity index (χ1n) is 12.8. The van der Waals surface area contributed by atoms with Crippen LogP contribution in [0.4, 0.5) is 5.82 Å². The number of sulfonamides is 1. The summed E-state index contributed by atoms with van der Waals surface area (Å²) in [5, 5.41) is 14.4. The van der Waals surface area contributed by atoms with E-state index in [4.69, 9.17) is 4.74 Å². The zero-order valence-corrected chi connectivity index (χ0v) is 22.7. The van der Waals surface area contributed by atoms with E-state index in [2.05, 4.69) is 16.1 Å². The van der Waals surface area contributed by atoms with Gasteiger partial charge < -0.3 is 14.5 Å². The normalized spacial score (nSPS) is 17.2. The summed E-state index contributed by atoms with van der Waals surface area (Å²) in [6, 6.07) is 14.5. The summed E-state index contributed by atoms with van der Waals surface area (Å²) in [7, 11) is -2.46.